The van der Waals surface area contributed by atoms with Gasteiger partial charge in [0.1, 0.15) is 5.58 Å². The van der Waals surface area contributed by atoms with Gasteiger partial charge in [0.15, 0.2) is 0 Å². The molecule has 0 amide bonds. The first-order valence-corrected chi connectivity index (χ1v) is 21.5. The van der Waals surface area contributed by atoms with E-state index >= 15 is 0 Å². The van der Waals surface area contributed by atoms with Gasteiger partial charge >= 0.3 is 120 Å². The SMILES string of the molecule is [2H]C(C)(C)c1cc(-c2[c-]cccc2)nc[c]1[Ge]([CH3])([CH3])[CH3].[2H]c1nc(-c2[c-]ccc3c2oc2cc4ccccc4cc23)c([2H])c(C([2H])([2H])[2H])c1[2H].[Ir]. The van der Waals surface area contributed by atoms with Crippen LogP contribution < -0.4 is 4.40 Å². The number of furan rings is 1. The molecule has 3 aromatic heterocycles. The summed E-state index contributed by atoms with van der Waals surface area (Å²) in [5.41, 5.74) is 3.86. The Balaban J connectivity index is 0.000000211. The van der Waals surface area contributed by atoms with E-state index in [1.54, 1.807) is 6.07 Å². The van der Waals surface area contributed by atoms with Crippen molar-refractivity contribution in [3.8, 4) is 22.5 Å². The fourth-order valence-corrected chi connectivity index (χ4v) is 8.52. The molecule has 7 rings (SSSR count). The molecule has 0 aliphatic rings. The Morgan fingerprint density at radius 1 is 0.886 bits per heavy atom. The zero-order chi connectivity index (χ0) is 36.2. The van der Waals surface area contributed by atoms with Gasteiger partial charge in [-0.2, -0.15) is 0 Å². The summed E-state index contributed by atoms with van der Waals surface area (Å²) in [5, 5.41) is 3.73. The van der Waals surface area contributed by atoms with Crippen molar-refractivity contribution in [2.45, 2.75) is 43.9 Å². The summed E-state index contributed by atoms with van der Waals surface area (Å²) < 4.78 is 63.2. The summed E-state index contributed by atoms with van der Waals surface area (Å²) in [7, 11) is 0. The Hall–Kier alpha value is -3.57. The van der Waals surface area contributed by atoms with Gasteiger partial charge in [0.2, 0.25) is 0 Å². The quantitative estimate of drug-likeness (QED) is 0.131. The molecular formula is C39H36GeIrN2O-2. The van der Waals surface area contributed by atoms with Gasteiger partial charge in [-0.05, 0) is 41.5 Å². The second-order valence-electron chi connectivity index (χ2n) is 11.7. The van der Waals surface area contributed by atoms with Crippen molar-refractivity contribution in [2.24, 2.45) is 0 Å². The third kappa shape index (κ3) is 6.58. The first-order chi connectivity index (χ1) is 23.4. The molecule has 0 atom stereocenters. The van der Waals surface area contributed by atoms with E-state index in [0.717, 1.165) is 38.4 Å². The van der Waals surface area contributed by atoms with E-state index in [1.807, 2.05) is 86.8 Å². The third-order valence-electron chi connectivity index (χ3n) is 7.36. The topological polar surface area (TPSA) is 38.9 Å². The molecule has 3 heterocycles. The molecule has 0 saturated heterocycles. The van der Waals surface area contributed by atoms with Crippen molar-refractivity contribution in [1.29, 1.82) is 0 Å². The summed E-state index contributed by atoms with van der Waals surface area (Å²) in [6.45, 7) is 1.21. The van der Waals surface area contributed by atoms with Crippen LogP contribution in [0.2, 0.25) is 17.3 Å². The number of pyridine rings is 2. The smallest absolute Gasteiger partial charge is 0.121 e. The van der Waals surface area contributed by atoms with E-state index in [-0.39, 0.29) is 25.8 Å². The molecule has 0 spiro atoms. The Labute approximate surface area is 286 Å². The molecule has 0 unspecified atom stereocenters. The molecule has 0 fully saturated rings. The molecule has 0 aliphatic carbocycles. The predicted octanol–water partition coefficient (Wildman–Crippen LogP) is 10.1. The number of rotatable bonds is 4. The summed E-state index contributed by atoms with van der Waals surface area (Å²) >= 11 is -2.03. The summed E-state index contributed by atoms with van der Waals surface area (Å²) in [4.78, 5) is 8.66. The number of benzene rings is 4. The maximum atomic E-state index is 8.44. The van der Waals surface area contributed by atoms with Crippen LogP contribution in [0.3, 0.4) is 0 Å². The Bertz CT molecular complexity index is 2380. The standard InChI is InChI=1S/C22H14NO.C17H22GeN.Ir/c1-14-9-10-23-20(11-14)18-8-4-7-17-19-12-15-5-2-3-6-16(15)13-21(19)24-22(17)18;1-13(2)15-11-17(14-9-7-6-8-10-14)19-12-16(15)18(3,4)5;/h2-7,9-13H,1H3;6-9,11-13H,1-5H3;/q2*-1;/i1D3,9D,10D,11D;13D;. The average Bonchev–Trinajstić information content (AvgIpc) is 3.42. The molecule has 3 nitrogen and oxygen atoms in total. The summed E-state index contributed by atoms with van der Waals surface area (Å²) in [5.74, 6) is 6.45. The van der Waals surface area contributed by atoms with Gasteiger partial charge in [-0.1, -0.05) is 46.8 Å². The predicted molar refractivity (Wildman–Crippen MR) is 184 cm³/mol. The van der Waals surface area contributed by atoms with Crippen LogP contribution in [0.1, 0.15) is 40.5 Å². The first-order valence-electron chi connectivity index (χ1n) is 17.7. The number of fused-ring (bicyclic) bond motifs is 4. The van der Waals surface area contributed by atoms with Crippen LogP contribution in [-0.2, 0) is 20.1 Å². The molecule has 223 valence electrons. The van der Waals surface area contributed by atoms with Crippen LogP contribution in [0.15, 0.2) is 108 Å². The van der Waals surface area contributed by atoms with Crippen molar-refractivity contribution < 1.29 is 34.1 Å². The fraction of sp³-hybridized carbons (Fsp3) is 0.179. The number of hydrogen-bond donors (Lipinski definition) is 0. The van der Waals surface area contributed by atoms with Crippen molar-refractivity contribution >= 4 is 50.4 Å². The molecule has 7 aromatic rings. The molecule has 0 N–H and O–H groups in total. The molecule has 1 radical (unpaired) electrons. The minimum absolute atomic E-state index is 0. The van der Waals surface area contributed by atoms with E-state index in [0.29, 0.717) is 16.7 Å². The minimum Gasteiger partial charge on any atom is -0.501 e. The molecule has 0 aliphatic heterocycles. The van der Waals surface area contributed by atoms with Gasteiger partial charge in [0, 0.05) is 35.8 Å². The molecule has 0 bridgehead atoms. The molecule has 5 heteroatoms. The van der Waals surface area contributed by atoms with Gasteiger partial charge in [-0.3, -0.25) is 0 Å². The average molecular weight is 821 g/mol. The third-order valence-corrected chi connectivity index (χ3v) is 11.6. The maximum Gasteiger partial charge on any atom is 0.121 e. The summed E-state index contributed by atoms with van der Waals surface area (Å²) in [6, 6.07) is 30.5. The van der Waals surface area contributed by atoms with Crippen LogP contribution in [0, 0.1) is 19.0 Å². The first kappa shape index (κ1) is 23.8. The molecule has 44 heavy (non-hydrogen) atoms. The van der Waals surface area contributed by atoms with Crippen LogP contribution in [-0.4, -0.2) is 23.2 Å². The second-order valence-corrected chi connectivity index (χ2v) is 22.3. The van der Waals surface area contributed by atoms with Crippen LogP contribution in [0.5, 0.6) is 0 Å². The van der Waals surface area contributed by atoms with Gasteiger partial charge < -0.3 is 9.40 Å². The van der Waals surface area contributed by atoms with Crippen molar-refractivity contribution in [3.63, 3.8) is 0 Å². The molecular weight excluding hydrogens is 777 g/mol. The Kier molecular flexibility index (Phi) is 7.13. The zero-order valence-corrected chi connectivity index (χ0v) is 29.7. The van der Waals surface area contributed by atoms with Crippen molar-refractivity contribution in [2.75, 3.05) is 0 Å². The van der Waals surface area contributed by atoms with Crippen molar-refractivity contribution in [3.05, 3.63) is 127 Å². The van der Waals surface area contributed by atoms with Crippen LogP contribution in [0.4, 0.5) is 0 Å². The largest absolute Gasteiger partial charge is 0.501 e. The Morgan fingerprint density at radius 2 is 1.66 bits per heavy atom. The number of aromatic nitrogens is 2. The molecule has 4 aromatic carbocycles. The van der Waals surface area contributed by atoms with Crippen LogP contribution in [0.25, 0.3) is 55.2 Å². The Morgan fingerprint density at radius 3 is 2.36 bits per heavy atom. The van der Waals surface area contributed by atoms with Crippen LogP contribution >= 0.6 is 0 Å². The maximum absolute atomic E-state index is 8.44. The second kappa shape index (κ2) is 13.2. The zero-order valence-electron chi connectivity index (χ0n) is 32.2. The van der Waals surface area contributed by atoms with E-state index < -0.39 is 49.8 Å². The summed E-state index contributed by atoms with van der Waals surface area (Å²) in [6.07, 6.45) is 1.50. The monoisotopic (exact) mass is 822 g/mol. The fourth-order valence-electron chi connectivity index (χ4n) is 5.20. The molecule has 0 saturated carbocycles. The van der Waals surface area contributed by atoms with Gasteiger partial charge in [0.25, 0.3) is 0 Å². The van der Waals surface area contributed by atoms with Gasteiger partial charge in [0.05, 0.1) is 9.70 Å². The normalized spacial score (nSPS) is 14.2. The van der Waals surface area contributed by atoms with E-state index in [4.69, 9.17) is 14.0 Å². The minimum atomic E-state index is -2.71. The van der Waals surface area contributed by atoms with Gasteiger partial charge in [-0.25, -0.2) is 0 Å². The van der Waals surface area contributed by atoms with E-state index in [9.17, 15) is 0 Å². The number of hydrogen-bond acceptors (Lipinski definition) is 3. The van der Waals surface area contributed by atoms with E-state index in [2.05, 4.69) is 45.4 Å². The van der Waals surface area contributed by atoms with Gasteiger partial charge in [-0.15, -0.1) is 18.2 Å². The number of nitrogens with zero attached hydrogens (tertiary/aromatic N) is 2. The van der Waals surface area contributed by atoms with Crippen molar-refractivity contribution in [1.82, 2.24) is 9.97 Å². The van der Waals surface area contributed by atoms with E-state index in [1.165, 1.54) is 4.40 Å².